The lowest BCUT2D eigenvalue weighted by Crippen LogP contribution is -2.35. The number of nitrogens with zero attached hydrogens (tertiary/aromatic N) is 3. The van der Waals surface area contributed by atoms with Crippen molar-refractivity contribution >= 4 is 56.9 Å². The first-order valence-corrected chi connectivity index (χ1v) is 12.3. The number of aryl methyl sites for hydroxylation is 1. The van der Waals surface area contributed by atoms with Gasteiger partial charge < -0.3 is 13.9 Å². The second kappa shape index (κ2) is 8.83. The predicted molar refractivity (Wildman–Crippen MR) is 137 cm³/mol. The van der Waals surface area contributed by atoms with Gasteiger partial charge in [-0.3, -0.25) is 14.5 Å². The van der Waals surface area contributed by atoms with Crippen molar-refractivity contribution in [2.45, 2.75) is 26.3 Å². The van der Waals surface area contributed by atoms with Gasteiger partial charge >= 0.3 is 0 Å². The quantitative estimate of drug-likeness (QED) is 0.397. The van der Waals surface area contributed by atoms with Crippen molar-refractivity contribution in [2.75, 3.05) is 18.0 Å². The summed E-state index contributed by atoms with van der Waals surface area (Å²) in [6.45, 7) is 4.32. The van der Waals surface area contributed by atoms with Crippen molar-refractivity contribution in [3.05, 3.63) is 69.2 Å². The van der Waals surface area contributed by atoms with Gasteiger partial charge in [0.25, 0.3) is 11.5 Å². The summed E-state index contributed by atoms with van der Waals surface area (Å²) in [5.41, 5.74) is 2.23. The highest BCUT2D eigenvalue weighted by Crippen LogP contribution is 2.37. The topological polar surface area (TPSA) is 58.7 Å². The molecule has 4 heterocycles. The van der Waals surface area contributed by atoms with E-state index in [4.69, 9.17) is 16.6 Å². The highest BCUT2D eigenvalue weighted by molar-refractivity contribution is 8.26. The normalized spacial score (nSPS) is 18.8. The lowest BCUT2D eigenvalue weighted by atomic mass is 9.97. The van der Waals surface area contributed by atoms with Crippen molar-refractivity contribution in [2.24, 2.45) is 13.0 Å². The molecule has 5 rings (SSSR count). The van der Waals surface area contributed by atoms with E-state index in [1.54, 1.807) is 30.0 Å². The molecule has 0 radical (unpaired) electrons. The number of rotatable bonds is 4. The van der Waals surface area contributed by atoms with E-state index in [1.165, 1.54) is 16.7 Å². The first kappa shape index (κ1) is 22.0. The molecule has 8 heteroatoms. The Bertz CT molecular complexity index is 1320. The Morgan fingerprint density at radius 2 is 1.91 bits per heavy atom. The summed E-state index contributed by atoms with van der Waals surface area (Å²) >= 11 is 6.72. The molecule has 0 bridgehead atoms. The number of pyridine rings is 1. The summed E-state index contributed by atoms with van der Waals surface area (Å²) in [4.78, 5) is 31.1. The van der Waals surface area contributed by atoms with Crippen molar-refractivity contribution in [1.29, 1.82) is 0 Å². The molecule has 0 unspecified atom stereocenters. The number of aromatic nitrogens is 1. The van der Waals surface area contributed by atoms with Crippen LogP contribution in [0.15, 0.2) is 56.8 Å². The molecule has 0 spiro atoms. The Kier molecular flexibility index (Phi) is 5.88. The number of amides is 1. The van der Waals surface area contributed by atoms with E-state index in [0.29, 0.717) is 26.5 Å². The lowest BCUT2D eigenvalue weighted by Gasteiger charge is -2.34. The zero-order chi connectivity index (χ0) is 23.1. The SMILES string of the molecule is CC1CCN(c2c(C=C3SC(=S)N(Cc4ccco4)C3=O)c(=O)n(C)c3ccccc23)CC1. The first-order chi connectivity index (χ1) is 15.9. The molecule has 33 heavy (non-hydrogen) atoms. The molecule has 0 atom stereocenters. The van der Waals surface area contributed by atoms with E-state index in [0.717, 1.165) is 42.5 Å². The van der Waals surface area contributed by atoms with Gasteiger partial charge in [-0.2, -0.15) is 0 Å². The number of fused-ring (bicyclic) bond motifs is 1. The van der Waals surface area contributed by atoms with Crippen LogP contribution in [0.4, 0.5) is 5.69 Å². The zero-order valence-corrected chi connectivity index (χ0v) is 20.2. The highest BCUT2D eigenvalue weighted by atomic mass is 32.2. The summed E-state index contributed by atoms with van der Waals surface area (Å²) in [5, 5.41) is 1.02. The summed E-state index contributed by atoms with van der Waals surface area (Å²) in [7, 11) is 1.78. The maximum absolute atomic E-state index is 13.5. The van der Waals surface area contributed by atoms with Gasteiger partial charge in [0.05, 0.1) is 34.5 Å². The molecular weight excluding hydrogens is 454 g/mol. The van der Waals surface area contributed by atoms with Crippen molar-refractivity contribution in [1.82, 2.24) is 9.47 Å². The van der Waals surface area contributed by atoms with Crippen molar-refractivity contribution in [3.63, 3.8) is 0 Å². The third-order valence-corrected chi connectivity index (χ3v) is 7.83. The van der Waals surface area contributed by atoms with Crippen LogP contribution in [-0.2, 0) is 18.4 Å². The van der Waals surface area contributed by atoms with Gasteiger partial charge in [0.2, 0.25) is 0 Å². The number of carbonyl (C=O) groups excluding carboxylic acids is 1. The Hall–Kier alpha value is -2.84. The van der Waals surface area contributed by atoms with Crippen LogP contribution in [0.2, 0.25) is 0 Å². The number of benzene rings is 1. The molecule has 3 aromatic rings. The van der Waals surface area contributed by atoms with Gasteiger partial charge in [-0.05, 0) is 43.0 Å². The summed E-state index contributed by atoms with van der Waals surface area (Å²) < 4.78 is 7.53. The number of thiocarbonyl (C=S) groups is 1. The average Bonchev–Trinajstić information content (AvgIpc) is 3.42. The summed E-state index contributed by atoms with van der Waals surface area (Å²) in [5.74, 6) is 1.13. The number of hydrogen-bond acceptors (Lipinski definition) is 6. The largest absolute Gasteiger partial charge is 0.467 e. The van der Waals surface area contributed by atoms with Gasteiger partial charge in [0.15, 0.2) is 0 Å². The molecule has 2 fully saturated rings. The van der Waals surface area contributed by atoms with E-state index in [9.17, 15) is 9.59 Å². The average molecular weight is 480 g/mol. The van der Waals surface area contributed by atoms with Gasteiger partial charge in [-0.25, -0.2) is 0 Å². The Balaban J connectivity index is 1.62. The molecule has 0 N–H and O–H groups in total. The van der Waals surface area contributed by atoms with Crippen LogP contribution < -0.4 is 10.5 Å². The van der Waals surface area contributed by atoms with Crippen LogP contribution in [0, 0.1) is 5.92 Å². The Morgan fingerprint density at radius 3 is 2.64 bits per heavy atom. The third kappa shape index (κ3) is 4.02. The van der Waals surface area contributed by atoms with Crippen molar-refractivity contribution in [3.8, 4) is 0 Å². The molecule has 2 aliphatic heterocycles. The molecule has 0 aliphatic carbocycles. The van der Waals surface area contributed by atoms with Crippen LogP contribution in [0.3, 0.4) is 0 Å². The fraction of sp³-hybridized carbons (Fsp3) is 0.320. The standard InChI is InChI=1S/C25H25N3O3S2/c1-16-9-11-27(12-10-16)22-18-7-3-4-8-20(18)26(2)23(29)19(22)14-21-24(30)28(25(32)33-21)15-17-6-5-13-31-17/h3-8,13-14,16H,9-12,15H2,1-2H3. The van der Waals surface area contributed by atoms with E-state index < -0.39 is 0 Å². The summed E-state index contributed by atoms with van der Waals surface area (Å²) in [6.07, 6.45) is 5.47. The van der Waals surface area contributed by atoms with Crippen LogP contribution in [-0.4, -0.2) is 32.8 Å². The highest BCUT2D eigenvalue weighted by Gasteiger charge is 2.34. The first-order valence-electron chi connectivity index (χ1n) is 11.1. The number of anilines is 1. The van der Waals surface area contributed by atoms with Gasteiger partial charge in [0, 0.05) is 25.5 Å². The number of piperidine rings is 1. The van der Waals surface area contributed by atoms with Crippen LogP contribution in [0.1, 0.15) is 31.1 Å². The third-order valence-electron chi connectivity index (χ3n) is 6.45. The van der Waals surface area contributed by atoms with Crippen LogP contribution in [0.25, 0.3) is 17.0 Å². The molecule has 170 valence electrons. The smallest absolute Gasteiger partial charge is 0.266 e. The molecule has 0 saturated carbocycles. The van der Waals surface area contributed by atoms with Crippen LogP contribution >= 0.6 is 24.0 Å². The van der Waals surface area contributed by atoms with E-state index in [2.05, 4.69) is 17.9 Å². The molecule has 2 aliphatic rings. The second-order valence-corrected chi connectivity index (χ2v) is 10.3. The minimum Gasteiger partial charge on any atom is -0.467 e. The number of carbonyl (C=O) groups is 1. The molecule has 2 saturated heterocycles. The number of hydrogen-bond donors (Lipinski definition) is 0. The molecule has 6 nitrogen and oxygen atoms in total. The van der Waals surface area contributed by atoms with Gasteiger partial charge in [0.1, 0.15) is 10.1 Å². The fourth-order valence-corrected chi connectivity index (χ4v) is 5.77. The predicted octanol–water partition coefficient (Wildman–Crippen LogP) is 4.77. The van der Waals surface area contributed by atoms with Gasteiger partial charge in [-0.15, -0.1) is 0 Å². The lowest BCUT2D eigenvalue weighted by molar-refractivity contribution is -0.122. The van der Waals surface area contributed by atoms with Gasteiger partial charge in [-0.1, -0.05) is 49.1 Å². The Labute approximate surface area is 201 Å². The summed E-state index contributed by atoms with van der Waals surface area (Å²) in [6, 6.07) is 11.6. The molecule has 1 aromatic carbocycles. The minimum absolute atomic E-state index is 0.112. The number of furan rings is 1. The van der Waals surface area contributed by atoms with Crippen LogP contribution in [0.5, 0.6) is 0 Å². The van der Waals surface area contributed by atoms with E-state index in [-0.39, 0.29) is 18.0 Å². The molecule has 1 amide bonds. The monoisotopic (exact) mass is 479 g/mol. The maximum Gasteiger partial charge on any atom is 0.266 e. The maximum atomic E-state index is 13.5. The zero-order valence-electron chi connectivity index (χ0n) is 18.6. The Morgan fingerprint density at radius 1 is 1.15 bits per heavy atom. The number of para-hydroxylation sites is 1. The van der Waals surface area contributed by atoms with E-state index in [1.807, 2.05) is 24.3 Å². The second-order valence-electron chi connectivity index (χ2n) is 8.66. The van der Waals surface area contributed by atoms with Crippen molar-refractivity contribution < 1.29 is 9.21 Å². The van der Waals surface area contributed by atoms with E-state index >= 15 is 0 Å². The molecule has 2 aromatic heterocycles. The minimum atomic E-state index is -0.199. The number of thioether (sulfide) groups is 1. The molecular formula is C25H25N3O3S2. The fourth-order valence-electron chi connectivity index (χ4n) is 4.53.